The molecule has 1 aliphatic rings. The molecule has 106 valence electrons. The Bertz CT molecular complexity index is 582. The number of rotatable bonds is 3. The highest BCUT2D eigenvalue weighted by Crippen LogP contribution is 2.35. The van der Waals surface area contributed by atoms with Crippen LogP contribution in [0.4, 0.5) is 11.4 Å². The fourth-order valence-corrected chi connectivity index (χ4v) is 3.19. The van der Waals surface area contributed by atoms with Crippen LogP contribution in [0.1, 0.15) is 20.3 Å². The van der Waals surface area contributed by atoms with Crippen molar-refractivity contribution in [3.8, 4) is 0 Å². The van der Waals surface area contributed by atoms with E-state index < -0.39 is 10.0 Å². The normalized spacial score (nSPS) is 18.8. The number of nitrogens with zero attached hydrogens (tertiary/aromatic N) is 1. The summed E-state index contributed by atoms with van der Waals surface area (Å²) in [5, 5.41) is 0. The Hall–Kier alpha value is -1.27. The van der Waals surface area contributed by atoms with Crippen molar-refractivity contribution in [1.29, 1.82) is 0 Å². The van der Waals surface area contributed by atoms with Crippen molar-refractivity contribution < 1.29 is 8.42 Å². The lowest BCUT2D eigenvalue weighted by atomic mass is 9.93. The summed E-state index contributed by atoms with van der Waals surface area (Å²) >= 11 is 0. The smallest absolute Gasteiger partial charge is 0.240 e. The van der Waals surface area contributed by atoms with Gasteiger partial charge in [-0.1, -0.05) is 13.8 Å². The van der Waals surface area contributed by atoms with Crippen LogP contribution in [0.2, 0.25) is 0 Å². The van der Waals surface area contributed by atoms with Crippen molar-refractivity contribution >= 4 is 21.4 Å². The Kier molecular flexibility index (Phi) is 3.49. The zero-order valence-electron chi connectivity index (χ0n) is 11.6. The summed E-state index contributed by atoms with van der Waals surface area (Å²) in [6, 6.07) is 4.91. The van der Waals surface area contributed by atoms with E-state index in [1.165, 1.54) is 13.1 Å². The van der Waals surface area contributed by atoms with Crippen molar-refractivity contribution in [2.24, 2.45) is 5.41 Å². The summed E-state index contributed by atoms with van der Waals surface area (Å²) < 4.78 is 25.7. The van der Waals surface area contributed by atoms with Gasteiger partial charge in [0.2, 0.25) is 10.0 Å². The number of nitrogens with one attached hydrogen (secondary N) is 1. The summed E-state index contributed by atoms with van der Waals surface area (Å²) in [4.78, 5) is 2.42. The Labute approximate surface area is 114 Å². The van der Waals surface area contributed by atoms with Crippen LogP contribution in [0.25, 0.3) is 0 Å². The van der Waals surface area contributed by atoms with Gasteiger partial charge in [-0.05, 0) is 37.1 Å². The third kappa shape index (κ3) is 2.84. The Balaban J connectivity index is 2.31. The number of anilines is 2. The first-order valence-electron chi connectivity index (χ1n) is 6.33. The van der Waals surface area contributed by atoms with Gasteiger partial charge in [0.25, 0.3) is 0 Å². The molecule has 0 amide bonds. The van der Waals surface area contributed by atoms with Crippen LogP contribution in [0.15, 0.2) is 23.1 Å². The zero-order chi connectivity index (χ0) is 14.3. The summed E-state index contributed by atoms with van der Waals surface area (Å²) in [5.41, 5.74) is 7.71. The van der Waals surface area contributed by atoms with E-state index in [1.807, 2.05) is 0 Å². The first kappa shape index (κ1) is 14.1. The largest absolute Gasteiger partial charge is 0.397 e. The van der Waals surface area contributed by atoms with Gasteiger partial charge in [-0.15, -0.1) is 0 Å². The monoisotopic (exact) mass is 283 g/mol. The summed E-state index contributed by atoms with van der Waals surface area (Å²) in [6.45, 7) is 6.34. The van der Waals surface area contributed by atoms with Gasteiger partial charge in [-0.25, -0.2) is 13.1 Å². The van der Waals surface area contributed by atoms with E-state index in [9.17, 15) is 8.42 Å². The molecule has 0 saturated carbocycles. The maximum atomic E-state index is 11.7. The third-order valence-corrected chi connectivity index (χ3v) is 5.01. The van der Waals surface area contributed by atoms with Gasteiger partial charge >= 0.3 is 0 Å². The highest BCUT2D eigenvalue weighted by molar-refractivity contribution is 7.89. The van der Waals surface area contributed by atoms with Crippen LogP contribution in [0, 0.1) is 5.41 Å². The summed E-state index contributed by atoms with van der Waals surface area (Å²) in [5.74, 6) is 0. The number of nitrogen functional groups attached to an aromatic ring is 1. The molecule has 0 bridgehead atoms. The standard InChI is InChI=1S/C13H21N3O2S/c1-13(2)6-7-16(9-13)12-5-4-10(8-11(12)14)19(17,18)15-3/h4-5,8,15H,6-7,9,14H2,1-3H3. The maximum Gasteiger partial charge on any atom is 0.240 e. The molecular weight excluding hydrogens is 262 g/mol. The van der Waals surface area contributed by atoms with Crippen molar-refractivity contribution in [3.05, 3.63) is 18.2 Å². The van der Waals surface area contributed by atoms with E-state index in [2.05, 4.69) is 23.5 Å². The second-order valence-electron chi connectivity index (χ2n) is 5.76. The quantitative estimate of drug-likeness (QED) is 0.823. The van der Waals surface area contributed by atoms with Gasteiger partial charge in [-0.2, -0.15) is 0 Å². The van der Waals surface area contributed by atoms with E-state index in [4.69, 9.17) is 5.73 Å². The minimum Gasteiger partial charge on any atom is -0.397 e. The number of sulfonamides is 1. The molecule has 1 heterocycles. The predicted molar refractivity (Wildman–Crippen MR) is 77.7 cm³/mol. The topological polar surface area (TPSA) is 75.4 Å². The zero-order valence-corrected chi connectivity index (χ0v) is 12.4. The molecule has 0 aliphatic carbocycles. The van der Waals surface area contributed by atoms with Gasteiger partial charge in [-0.3, -0.25) is 0 Å². The lowest BCUT2D eigenvalue weighted by Crippen LogP contribution is -2.24. The lowest BCUT2D eigenvalue weighted by molar-refractivity contribution is 0.418. The highest BCUT2D eigenvalue weighted by Gasteiger charge is 2.30. The maximum absolute atomic E-state index is 11.7. The molecule has 3 N–H and O–H groups in total. The average molecular weight is 283 g/mol. The molecule has 19 heavy (non-hydrogen) atoms. The predicted octanol–water partition coefficient (Wildman–Crippen LogP) is 1.41. The molecule has 2 rings (SSSR count). The lowest BCUT2D eigenvalue weighted by Gasteiger charge is -2.23. The van der Waals surface area contributed by atoms with E-state index in [-0.39, 0.29) is 10.3 Å². The summed E-state index contributed by atoms with van der Waals surface area (Å²) in [7, 11) is -2.04. The molecule has 0 aromatic heterocycles. The van der Waals surface area contributed by atoms with Crippen LogP contribution < -0.4 is 15.4 Å². The first-order chi connectivity index (χ1) is 8.75. The van der Waals surface area contributed by atoms with E-state index >= 15 is 0 Å². The molecule has 1 fully saturated rings. The molecule has 0 radical (unpaired) electrons. The molecule has 1 saturated heterocycles. The first-order valence-corrected chi connectivity index (χ1v) is 7.81. The van der Waals surface area contributed by atoms with Gasteiger partial charge in [0, 0.05) is 13.1 Å². The van der Waals surface area contributed by atoms with Crippen LogP contribution >= 0.6 is 0 Å². The molecule has 0 spiro atoms. The fraction of sp³-hybridized carbons (Fsp3) is 0.538. The van der Waals surface area contributed by atoms with E-state index in [0.717, 1.165) is 25.2 Å². The van der Waals surface area contributed by atoms with Gasteiger partial charge < -0.3 is 10.6 Å². The molecule has 0 unspecified atom stereocenters. The van der Waals surface area contributed by atoms with Gasteiger partial charge in [0.15, 0.2) is 0 Å². The van der Waals surface area contributed by atoms with Crippen LogP contribution in [-0.2, 0) is 10.0 Å². The van der Waals surface area contributed by atoms with Gasteiger partial charge in [0.1, 0.15) is 0 Å². The van der Waals surface area contributed by atoms with Crippen molar-refractivity contribution in [2.75, 3.05) is 30.8 Å². The van der Waals surface area contributed by atoms with Crippen LogP contribution in [0.5, 0.6) is 0 Å². The fourth-order valence-electron chi connectivity index (χ4n) is 2.42. The third-order valence-electron chi connectivity index (χ3n) is 3.60. The molecular formula is C13H21N3O2S. The van der Waals surface area contributed by atoms with Crippen LogP contribution in [0.3, 0.4) is 0 Å². The van der Waals surface area contributed by atoms with E-state index in [0.29, 0.717) is 5.69 Å². The minimum atomic E-state index is -3.43. The molecule has 1 aromatic rings. The number of hydrogen-bond donors (Lipinski definition) is 2. The highest BCUT2D eigenvalue weighted by atomic mass is 32.2. The van der Waals surface area contributed by atoms with Gasteiger partial charge in [0.05, 0.1) is 16.3 Å². The molecule has 5 nitrogen and oxygen atoms in total. The molecule has 6 heteroatoms. The molecule has 0 atom stereocenters. The number of hydrogen-bond acceptors (Lipinski definition) is 4. The van der Waals surface area contributed by atoms with Crippen LogP contribution in [-0.4, -0.2) is 28.6 Å². The Morgan fingerprint density at radius 2 is 2.05 bits per heavy atom. The van der Waals surface area contributed by atoms with Crippen molar-refractivity contribution in [3.63, 3.8) is 0 Å². The molecule has 1 aromatic carbocycles. The summed E-state index contributed by atoms with van der Waals surface area (Å²) in [6.07, 6.45) is 1.11. The van der Waals surface area contributed by atoms with Crippen molar-refractivity contribution in [1.82, 2.24) is 4.72 Å². The Morgan fingerprint density at radius 3 is 2.53 bits per heavy atom. The second kappa shape index (κ2) is 4.68. The number of benzene rings is 1. The van der Waals surface area contributed by atoms with E-state index in [1.54, 1.807) is 12.1 Å². The van der Waals surface area contributed by atoms with Crippen molar-refractivity contribution in [2.45, 2.75) is 25.2 Å². The second-order valence-corrected chi connectivity index (χ2v) is 7.65. The molecule has 1 aliphatic heterocycles. The Morgan fingerprint density at radius 1 is 1.37 bits per heavy atom. The minimum absolute atomic E-state index is 0.203. The average Bonchev–Trinajstić information content (AvgIpc) is 2.69. The SMILES string of the molecule is CNS(=O)(=O)c1ccc(N2CCC(C)(C)C2)c(N)c1. The number of nitrogens with two attached hydrogens (primary N) is 1.